The highest BCUT2D eigenvalue weighted by atomic mass is 32.2. The lowest BCUT2D eigenvalue weighted by Gasteiger charge is -2.24. The highest BCUT2D eigenvalue weighted by molar-refractivity contribution is 7.89. The van der Waals surface area contributed by atoms with Crippen LogP contribution in [0.15, 0.2) is 53.4 Å². The zero-order valence-electron chi connectivity index (χ0n) is 14.6. The van der Waals surface area contributed by atoms with Gasteiger partial charge < -0.3 is 5.32 Å². The Morgan fingerprint density at radius 2 is 1.76 bits per heavy atom. The molecule has 0 bridgehead atoms. The van der Waals surface area contributed by atoms with Crippen molar-refractivity contribution in [1.82, 2.24) is 4.90 Å². The Bertz CT molecular complexity index is 848. The van der Waals surface area contributed by atoms with Crippen molar-refractivity contribution in [1.29, 1.82) is 0 Å². The Morgan fingerprint density at radius 1 is 1.16 bits per heavy atom. The normalized spacial score (nSPS) is 12.8. The van der Waals surface area contributed by atoms with Gasteiger partial charge in [0.05, 0.1) is 10.9 Å². The Balaban J connectivity index is 2.01. The fraction of sp³-hybridized carbons (Fsp3) is 0.278. The predicted octanol–water partition coefficient (Wildman–Crippen LogP) is 2.10. The van der Waals surface area contributed by atoms with Crippen LogP contribution in [0.4, 0.5) is 5.69 Å². The summed E-state index contributed by atoms with van der Waals surface area (Å²) in [6.07, 6.45) is 0. The van der Waals surface area contributed by atoms with E-state index in [0.29, 0.717) is 12.2 Å². The second kappa shape index (κ2) is 7.77. The number of hydrogen-bond donors (Lipinski definition) is 2. The van der Waals surface area contributed by atoms with Gasteiger partial charge in [-0.05, 0) is 56.3 Å². The monoisotopic (exact) mass is 361 g/mol. The number of benzene rings is 2. The van der Waals surface area contributed by atoms with Crippen LogP contribution in [0.1, 0.15) is 18.1 Å². The number of hydrogen-bond acceptors (Lipinski definition) is 4. The van der Waals surface area contributed by atoms with Gasteiger partial charge in [0.2, 0.25) is 15.9 Å². The molecule has 1 amide bonds. The number of nitrogens with one attached hydrogen (secondary N) is 1. The second-order valence-corrected chi connectivity index (χ2v) is 7.64. The Hall–Kier alpha value is -2.22. The summed E-state index contributed by atoms with van der Waals surface area (Å²) in [6.45, 7) is 4.53. The van der Waals surface area contributed by atoms with E-state index in [1.54, 1.807) is 0 Å². The van der Waals surface area contributed by atoms with Crippen molar-refractivity contribution in [2.24, 2.45) is 5.14 Å². The topological polar surface area (TPSA) is 92.5 Å². The minimum absolute atomic E-state index is 0.00946. The van der Waals surface area contributed by atoms with Gasteiger partial charge in [0.15, 0.2) is 0 Å². The first kappa shape index (κ1) is 19.1. The van der Waals surface area contributed by atoms with Crippen molar-refractivity contribution < 1.29 is 13.2 Å². The van der Waals surface area contributed by atoms with E-state index in [0.717, 1.165) is 0 Å². The lowest BCUT2D eigenvalue weighted by Crippen LogP contribution is -2.39. The van der Waals surface area contributed by atoms with Crippen LogP contribution in [0.5, 0.6) is 0 Å². The summed E-state index contributed by atoms with van der Waals surface area (Å²) in [5.74, 6) is -0.167. The first-order chi connectivity index (χ1) is 11.7. The molecule has 2 aromatic carbocycles. The zero-order chi connectivity index (χ0) is 18.6. The Morgan fingerprint density at radius 3 is 2.32 bits per heavy atom. The molecule has 0 heterocycles. The maximum absolute atomic E-state index is 12.4. The molecule has 0 saturated heterocycles. The van der Waals surface area contributed by atoms with Crippen molar-refractivity contribution in [3.63, 3.8) is 0 Å². The zero-order valence-corrected chi connectivity index (χ0v) is 15.4. The summed E-state index contributed by atoms with van der Waals surface area (Å²) in [5.41, 5.74) is 2.87. The number of nitrogens with zero attached hydrogens (tertiary/aromatic N) is 1. The minimum atomic E-state index is -3.74. The summed E-state index contributed by atoms with van der Waals surface area (Å²) in [4.78, 5) is 14.4. The van der Waals surface area contributed by atoms with Crippen LogP contribution in [-0.2, 0) is 21.4 Å². The molecule has 0 aromatic heterocycles. The summed E-state index contributed by atoms with van der Waals surface area (Å²) >= 11 is 0. The van der Waals surface area contributed by atoms with Crippen LogP contribution in [0.25, 0.3) is 0 Å². The molecular weight excluding hydrogens is 338 g/mol. The summed E-state index contributed by atoms with van der Waals surface area (Å²) in [5, 5.41) is 7.85. The molecule has 6 nitrogen and oxygen atoms in total. The first-order valence-electron chi connectivity index (χ1n) is 7.87. The molecule has 0 spiro atoms. The van der Waals surface area contributed by atoms with Gasteiger partial charge in [-0.2, -0.15) is 0 Å². The maximum Gasteiger partial charge on any atom is 0.241 e. The van der Waals surface area contributed by atoms with Gasteiger partial charge in [-0.25, -0.2) is 13.6 Å². The molecule has 25 heavy (non-hydrogen) atoms. The third kappa shape index (κ3) is 5.12. The maximum atomic E-state index is 12.4. The predicted molar refractivity (Wildman–Crippen MR) is 98.6 cm³/mol. The van der Waals surface area contributed by atoms with E-state index in [2.05, 4.69) is 5.32 Å². The van der Waals surface area contributed by atoms with E-state index in [1.165, 1.54) is 35.4 Å². The molecule has 0 aliphatic carbocycles. The summed E-state index contributed by atoms with van der Waals surface area (Å²) < 4.78 is 22.5. The average Bonchev–Trinajstić information content (AvgIpc) is 2.55. The molecular formula is C18H23N3O3S. The Kier molecular flexibility index (Phi) is 5.94. The molecule has 3 N–H and O–H groups in total. The quantitative estimate of drug-likeness (QED) is 0.824. The standard InChI is InChI=1S/C18H23N3O3S/c1-13-6-4-5-7-15(13)12-21(3)14(2)18(22)20-16-8-10-17(11-9-16)25(19,23)24/h4-11,14H,12H2,1-3H3,(H,20,22)(H2,19,23,24)/t14-/m1/s1. The number of nitrogens with two attached hydrogens (primary N) is 1. The number of rotatable bonds is 6. The first-order valence-corrected chi connectivity index (χ1v) is 9.41. The highest BCUT2D eigenvalue weighted by Crippen LogP contribution is 2.15. The Labute approximate surface area is 148 Å². The van der Waals surface area contributed by atoms with E-state index in [4.69, 9.17) is 5.14 Å². The van der Waals surface area contributed by atoms with Crippen molar-refractivity contribution in [2.45, 2.75) is 31.3 Å². The average molecular weight is 361 g/mol. The summed E-state index contributed by atoms with van der Waals surface area (Å²) in [6, 6.07) is 13.5. The number of aryl methyl sites for hydroxylation is 1. The van der Waals surface area contributed by atoms with Crippen molar-refractivity contribution >= 4 is 21.6 Å². The number of amides is 1. The van der Waals surface area contributed by atoms with Crippen LogP contribution in [-0.4, -0.2) is 32.3 Å². The van der Waals surface area contributed by atoms with Gasteiger partial charge in [0.25, 0.3) is 0 Å². The fourth-order valence-corrected chi connectivity index (χ4v) is 2.88. The van der Waals surface area contributed by atoms with E-state index in [1.807, 2.05) is 50.1 Å². The van der Waals surface area contributed by atoms with Crippen LogP contribution < -0.4 is 10.5 Å². The van der Waals surface area contributed by atoms with Gasteiger partial charge >= 0.3 is 0 Å². The van der Waals surface area contributed by atoms with E-state index in [-0.39, 0.29) is 16.8 Å². The number of likely N-dealkylation sites (N-methyl/N-ethyl adjacent to an activating group) is 1. The van der Waals surface area contributed by atoms with Crippen LogP contribution >= 0.6 is 0 Å². The van der Waals surface area contributed by atoms with E-state index < -0.39 is 10.0 Å². The molecule has 0 aliphatic heterocycles. The molecule has 0 fully saturated rings. The second-order valence-electron chi connectivity index (χ2n) is 6.08. The third-order valence-electron chi connectivity index (χ3n) is 4.17. The van der Waals surface area contributed by atoms with Crippen LogP contribution in [0.3, 0.4) is 0 Å². The molecule has 134 valence electrons. The fourth-order valence-electron chi connectivity index (χ4n) is 2.37. The number of primary sulfonamides is 1. The lowest BCUT2D eigenvalue weighted by atomic mass is 10.1. The van der Waals surface area contributed by atoms with Crippen LogP contribution in [0, 0.1) is 6.92 Å². The smallest absolute Gasteiger partial charge is 0.241 e. The molecule has 0 unspecified atom stereocenters. The van der Waals surface area contributed by atoms with Gasteiger partial charge in [0, 0.05) is 12.2 Å². The van der Waals surface area contributed by atoms with Crippen LogP contribution in [0.2, 0.25) is 0 Å². The SMILES string of the molecule is Cc1ccccc1CN(C)[C@H](C)C(=O)Nc1ccc(S(N)(=O)=O)cc1. The molecule has 2 rings (SSSR count). The van der Waals surface area contributed by atoms with Crippen molar-refractivity contribution in [3.8, 4) is 0 Å². The van der Waals surface area contributed by atoms with Gasteiger partial charge in [-0.1, -0.05) is 24.3 Å². The summed E-state index contributed by atoms with van der Waals surface area (Å²) in [7, 11) is -1.85. The van der Waals surface area contributed by atoms with Crippen molar-refractivity contribution in [3.05, 3.63) is 59.7 Å². The van der Waals surface area contributed by atoms with Gasteiger partial charge in [-0.15, -0.1) is 0 Å². The van der Waals surface area contributed by atoms with Crippen molar-refractivity contribution in [2.75, 3.05) is 12.4 Å². The van der Waals surface area contributed by atoms with Gasteiger partial charge in [0.1, 0.15) is 0 Å². The number of carbonyl (C=O) groups is 1. The number of carbonyl (C=O) groups excluding carboxylic acids is 1. The molecule has 0 radical (unpaired) electrons. The number of sulfonamides is 1. The van der Waals surface area contributed by atoms with E-state index in [9.17, 15) is 13.2 Å². The van der Waals surface area contributed by atoms with Gasteiger partial charge in [-0.3, -0.25) is 9.69 Å². The molecule has 0 saturated carbocycles. The highest BCUT2D eigenvalue weighted by Gasteiger charge is 2.19. The largest absolute Gasteiger partial charge is 0.325 e. The van der Waals surface area contributed by atoms with E-state index >= 15 is 0 Å². The third-order valence-corrected chi connectivity index (χ3v) is 5.10. The lowest BCUT2D eigenvalue weighted by molar-refractivity contribution is -0.120. The number of anilines is 1. The molecule has 2 aromatic rings. The molecule has 0 aliphatic rings. The molecule has 1 atom stereocenters. The molecule has 7 heteroatoms. The minimum Gasteiger partial charge on any atom is -0.325 e.